The molecule has 1 fully saturated rings. The first-order valence-electron chi connectivity index (χ1n) is 4.93. The number of nitrogens with one attached hydrogen (secondary N) is 1. The third kappa shape index (κ3) is 2.30. The third-order valence-electron chi connectivity index (χ3n) is 2.61. The van der Waals surface area contributed by atoms with Crippen LogP contribution in [0.4, 0.5) is 0 Å². The number of alkyl halides is 1. The van der Waals surface area contributed by atoms with Gasteiger partial charge in [0.2, 0.25) is 0 Å². The molecule has 1 aliphatic rings. The highest BCUT2D eigenvalue weighted by atomic mass is 127. The minimum absolute atomic E-state index is 0.491. The number of aromatic amines is 1. The summed E-state index contributed by atoms with van der Waals surface area (Å²) in [5.41, 5.74) is -1.20. The van der Waals surface area contributed by atoms with Crippen LogP contribution >= 0.6 is 22.6 Å². The van der Waals surface area contributed by atoms with Crippen LogP contribution in [0.3, 0.4) is 0 Å². The van der Waals surface area contributed by atoms with Crippen LogP contribution in [0.25, 0.3) is 0 Å². The van der Waals surface area contributed by atoms with Gasteiger partial charge in [0, 0.05) is 16.7 Å². The van der Waals surface area contributed by atoms with E-state index in [1.807, 2.05) is 22.6 Å². The minimum Gasteiger partial charge on any atom is -0.387 e. The van der Waals surface area contributed by atoms with Crippen molar-refractivity contribution in [3.63, 3.8) is 0 Å². The minimum atomic E-state index is -1.20. The van der Waals surface area contributed by atoms with E-state index in [2.05, 4.69) is 4.98 Å². The van der Waals surface area contributed by atoms with Crippen molar-refractivity contribution in [2.45, 2.75) is 24.5 Å². The highest BCUT2D eigenvalue weighted by Gasteiger charge is 2.43. The fourth-order valence-corrected chi connectivity index (χ4v) is 2.44. The molecule has 3 N–H and O–H groups in total. The van der Waals surface area contributed by atoms with E-state index < -0.39 is 35.8 Å². The summed E-state index contributed by atoms with van der Waals surface area (Å²) in [7, 11) is 0. The third-order valence-corrected chi connectivity index (χ3v) is 3.48. The zero-order chi connectivity index (χ0) is 12.6. The van der Waals surface area contributed by atoms with Gasteiger partial charge in [0.05, 0.1) is 6.10 Å². The molecule has 0 saturated carbocycles. The summed E-state index contributed by atoms with van der Waals surface area (Å²) in [6.07, 6.45) is -2.52. The molecular weight excluding hydrogens is 343 g/mol. The number of halogens is 1. The molecule has 1 saturated heterocycles. The lowest BCUT2D eigenvalue weighted by Crippen LogP contribution is -2.37. The number of hydrogen-bond acceptors (Lipinski definition) is 5. The first kappa shape index (κ1) is 12.7. The van der Waals surface area contributed by atoms with Crippen molar-refractivity contribution in [2.75, 3.05) is 4.43 Å². The molecule has 0 amide bonds. The Morgan fingerprint density at radius 3 is 2.65 bits per heavy atom. The Hall–Kier alpha value is -0.710. The van der Waals surface area contributed by atoms with Crippen molar-refractivity contribution in [1.29, 1.82) is 0 Å². The average molecular weight is 354 g/mol. The molecule has 0 radical (unpaired) electrons. The van der Waals surface area contributed by atoms with Crippen LogP contribution < -0.4 is 11.2 Å². The van der Waals surface area contributed by atoms with E-state index in [-0.39, 0.29) is 0 Å². The summed E-state index contributed by atoms with van der Waals surface area (Å²) in [6, 6.07) is 1.15. The molecule has 94 valence electrons. The predicted molar refractivity (Wildman–Crippen MR) is 66.1 cm³/mol. The smallest absolute Gasteiger partial charge is 0.330 e. The first-order valence-corrected chi connectivity index (χ1v) is 6.46. The first-order chi connectivity index (χ1) is 8.04. The summed E-state index contributed by atoms with van der Waals surface area (Å²) in [5, 5.41) is 19.4. The highest BCUT2D eigenvalue weighted by molar-refractivity contribution is 14.1. The van der Waals surface area contributed by atoms with Gasteiger partial charge in [-0.25, -0.2) is 4.79 Å². The van der Waals surface area contributed by atoms with E-state index in [4.69, 9.17) is 4.74 Å². The number of H-pyrrole nitrogens is 1. The summed E-state index contributed by atoms with van der Waals surface area (Å²) >= 11 is 2.02. The largest absolute Gasteiger partial charge is 0.387 e. The molecule has 8 heteroatoms. The van der Waals surface area contributed by atoms with E-state index >= 15 is 0 Å². The molecule has 2 heterocycles. The highest BCUT2D eigenvalue weighted by Crippen LogP contribution is 2.28. The second kappa shape index (κ2) is 4.88. The van der Waals surface area contributed by atoms with Gasteiger partial charge in [0.15, 0.2) is 6.23 Å². The quantitative estimate of drug-likeness (QED) is 0.447. The maximum atomic E-state index is 11.5. The fraction of sp³-hybridized carbons (Fsp3) is 0.556. The van der Waals surface area contributed by atoms with Crippen molar-refractivity contribution in [1.82, 2.24) is 9.55 Å². The maximum absolute atomic E-state index is 11.5. The van der Waals surface area contributed by atoms with Crippen LogP contribution in [0.2, 0.25) is 0 Å². The van der Waals surface area contributed by atoms with Gasteiger partial charge in [0.25, 0.3) is 5.56 Å². The molecule has 0 bridgehead atoms. The van der Waals surface area contributed by atoms with Crippen LogP contribution in [0.15, 0.2) is 21.9 Å². The Labute approximate surface area is 109 Å². The fourth-order valence-electron chi connectivity index (χ4n) is 1.71. The number of ether oxygens (including phenoxy) is 1. The van der Waals surface area contributed by atoms with Crippen LogP contribution in [0.5, 0.6) is 0 Å². The number of hydrogen-bond donors (Lipinski definition) is 3. The summed E-state index contributed by atoms with van der Waals surface area (Å²) in [5.74, 6) is 0. The van der Waals surface area contributed by atoms with Gasteiger partial charge in [-0.2, -0.15) is 0 Å². The summed E-state index contributed by atoms with van der Waals surface area (Å²) in [4.78, 5) is 24.5. The molecule has 7 nitrogen and oxygen atoms in total. The van der Waals surface area contributed by atoms with E-state index in [9.17, 15) is 19.8 Å². The number of aliphatic hydroxyl groups is 2. The Balaban J connectivity index is 2.35. The van der Waals surface area contributed by atoms with Crippen LogP contribution in [0.1, 0.15) is 6.23 Å². The number of aliphatic hydroxyl groups excluding tert-OH is 2. The van der Waals surface area contributed by atoms with Crippen molar-refractivity contribution in [2.24, 2.45) is 0 Å². The normalized spacial score (nSPS) is 32.9. The summed E-state index contributed by atoms with van der Waals surface area (Å²) in [6.45, 7) is 0. The van der Waals surface area contributed by atoms with Gasteiger partial charge in [-0.3, -0.25) is 14.3 Å². The molecule has 2 rings (SSSR count). The van der Waals surface area contributed by atoms with E-state index in [0.717, 1.165) is 10.6 Å². The lowest BCUT2D eigenvalue weighted by atomic mass is 10.1. The van der Waals surface area contributed by atoms with E-state index in [1.54, 1.807) is 0 Å². The van der Waals surface area contributed by atoms with Gasteiger partial charge in [0.1, 0.15) is 12.2 Å². The molecule has 1 aromatic rings. The van der Waals surface area contributed by atoms with Gasteiger partial charge in [-0.15, -0.1) is 0 Å². The van der Waals surface area contributed by atoms with Crippen molar-refractivity contribution >= 4 is 22.6 Å². The topological polar surface area (TPSA) is 105 Å². The van der Waals surface area contributed by atoms with Crippen LogP contribution in [0, 0.1) is 0 Å². The van der Waals surface area contributed by atoms with Gasteiger partial charge in [-0.1, -0.05) is 22.6 Å². The Morgan fingerprint density at radius 2 is 2.12 bits per heavy atom. The molecule has 1 aliphatic heterocycles. The second-order valence-electron chi connectivity index (χ2n) is 3.72. The predicted octanol–water partition coefficient (Wildman–Crippen LogP) is -1.41. The lowest BCUT2D eigenvalue weighted by Gasteiger charge is -2.16. The summed E-state index contributed by atoms with van der Waals surface area (Å²) < 4.78 is 6.92. The van der Waals surface area contributed by atoms with Crippen molar-refractivity contribution in [3.8, 4) is 0 Å². The Morgan fingerprint density at radius 1 is 1.41 bits per heavy atom. The van der Waals surface area contributed by atoms with Gasteiger partial charge in [-0.05, 0) is 0 Å². The standard InChI is InChI=1S/C9H11IN2O5/c10-3-4-6(14)7(15)8(17-4)12-2-1-5(13)11-9(12)16/h1-2,4,6-8,14-15H,3H2,(H,11,13,16)/t4-,6-,7?,8-/m1/s1. The SMILES string of the molecule is O=c1ccn([C@@H]2O[C@H](CI)[C@@H](O)C2O)c(=O)[nH]1. The second-order valence-corrected chi connectivity index (χ2v) is 4.60. The molecular formula is C9H11IN2O5. The zero-order valence-corrected chi connectivity index (χ0v) is 10.8. The molecule has 4 atom stereocenters. The Bertz CT molecular complexity index is 513. The van der Waals surface area contributed by atoms with Gasteiger partial charge < -0.3 is 14.9 Å². The van der Waals surface area contributed by atoms with E-state index in [1.165, 1.54) is 6.20 Å². The number of rotatable bonds is 2. The molecule has 17 heavy (non-hydrogen) atoms. The van der Waals surface area contributed by atoms with Gasteiger partial charge >= 0.3 is 5.69 Å². The van der Waals surface area contributed by atoms with Crippen LogP contribution in [-0.2, 0) is 4.74 Å². The molecule has 1 aromatic heterocycles. The monoisotopic (exact) mass is 354 g/mol. The number of aromatic nitrogens is 2. The zero-order valence-electron chi connectivity index (χ0n) is 8.62. The van der Waals surface area contributed by atoms with Crippen molar-refractivity contribution < 1.29 is 14.9 Å². The molecule has 0 aliphatic carbocycles. The molecule has 1 unspecified atom stereocenters. The molecule has 0 spiro atoms. The van der Waals surface area contributed by atoms with E-state index in [0.29, 0.717) is 4.43 Å². The Kier molecular flexibility index (Phi) is 3.66. The van der Waals surface area contributed by atoms with Crippen molar-refractivity contribution in [3.05, 3.63) is 33.1 Å². The maximum Gasteiger partial charge on any atom is 0.330 e. The van der Waals surface area contributed by atoms with Crippen LogP contribution in [-0.4, -0.2) is 42.5 Å². The number of nitrogens with zero attached hydrogens (tertiary/aromatic N) is 1. The lowest BCUT2D eigenvalue weighted by molar-refractivity contribution is -0.0335. The average Bonchev–Trinajstić information content (AvgIpc) is 2.57. The molecule has 0 aromatic carbocycles.